The summed E-state index contributed by atoms with van der Waals surface area (Å²) in [6.45, 7) is 0.993. The topological polar surface area (TPSA) is 70.5 Å². The molecule has 0 aromatic carbocycles. The Labute approximate surface area is 99.8 Å². The Kier molecular flexibility index (Phi) is 3.89. The summed E-state index contributed by atoms with van der Waals surface area (Å²) >= 11 is 0. The van der Waals surface area contributed by atoms with Crippen LogP contribution in [0.25, 0.3) is 0 Å². The van der Waals surface area contributed by atoms with Crippen molar-refractivity contribution in [3.05, 3.63) is 24.0 Å². The van der Waals surface area contributed by atoms with Crippen LogP contribution in [0.3, 0.4) is 0 Å². The van der Waals surface area contributed by atoms with Gasteiger partial charge in [0.25, 0.3) is 0 Å². The van der Waals surface area contributed by atoms with Gasteiger partial charge in [-0.2, -0.15) is 13.2 Å². The van der Waals surface area contributed by atoms with E-state index < -0.39 is 23.7 Å². The lowest BCUT2D eigenvalue weighted by Gasteiger charge is -2.22. The molecule has 1 N–H and O–H groups in total. The lowest BCUT2D eigenvalue weighted by molar-refractivity contribution is -0.170. The Morgan fingerprint density at radius 1 is 1.44 bits per heavy atom. The third-order valence-corrected chi connectivity index (χ3v) is 2.08. The second-order valence-corrected chi connectivity index (χ2v) is 3.22. The van der Waals surface area contributed by atoms with Gasteiger partial charge in [-0.25, -0.2) is 9.78 Å². The van der Waals surface area contributed by atoms with Crippen molar-refractivity contribution in [2.45, 2.75) is 13.1 Å². The summed E-state index contributed by atoms with van der Waals surface area (Å²) in [4.78, 5) is 25.8. The Hall–Kier alpha value is -2.12. The maximum Gasteiger partial charge on any atom is 0.471 e. The van der Waals surface area contributed by atoms with E-state index in [-0.39, 0.29) is 12.2 Å². The van der Waals surface area contributed by atoms with Crippen molar-refractivity contribution in [3.63, 3.8) is 0 Å². The lowest BCUT2D eigenvalue weighted by Crippen LogP contribution is -2.42. The summed E-state index contributed by atoms with van der Waals surface area (Å²) in [5, 5.41) is 8.81. The highest BCUT2D eigenvalue weighted by Crippen LogP contribution is 2.25. The maximum absolute atomic E-state index is 12.3. The summed E-state index contributed by atoms with van der Waals surface area (Å²) in [6.07, 6.45) is -3.94. The minimum absolute atomic E-state index is 0.315. The number of carbonyl (C=O) groups is 2. The normalized spacial score (nSPS) is 11.1. The summed E-state index contributed by atoms with van der Waals surface area (Å²) in [7, 11) is 0. The molecule has 1 aromatic heterocycles. The number of alkyl halides is 3. The van der Waals surface area contributed by atoms with Gasteiger partial charge in [-0.05, 0) is 19.1 Å². The number of aromatic carboxylic acids is 1. The van der Waals surface area contributed by atoms with Crippen LogP contribution in [0.2, 0.25) is 0 Å². The molecule has 8 heteroatoms. The fourth-order valence-electron chi connectivity index (χ4n) is 1.36. The van der Waals surface area contributed by atoms with Gasteiger partial charge in [0.15, 0.2) is 5.69 Å². The second-order valence-electron chi connectivity index (χ2n) is 3.22. The second kappa shape index (κ2) is 5.03. The molecule has 0 aliphatic carbocycles. The number of carbonyl (C=O) groups excluding carboxylic acids is 1. The minimum atomic E-state index is -5.07. The van der Waals surface area contributed by atoms with Gasteiger partial charge in [-0.3, -0.25) is 4.79 Å². The van der Waals surface area contributed by atoms with Crippen LogP contribution in [0, 0.1) is 0 Å². The SMILES string of the molecule is CCN(C(=O)C(F)(F)F)c1cccnc1C(=O)O. The number of pyridine rings is 1. The van der Waals surface area contributed by atoms with Gasteiger partial charge in [0.05, 0.1) is 5.69 Å². The van der Waals surface area contributed by atoms with Crippen molar-refractivity contribution < 1.29 is 27.9 Å². The van der Waals surface area contributed by atoms with E-state index >= 15 is 0 Å². The van der Waals surface area contributed by atoms with Crippen LogP contribution in [0.5, 0.6) is 0 Å². The molecule has 0 aliphatic heterocycles. The first-order chi connectivity index (χ1) is 8.29. The van der Waals surface area contributed by atoms with Crippen molar-refractivity contribution in [3.8, 4) is 0 Å². The summed E-state index contributed by atoms with van der Waals surface area (Å²) in [5.41, 5.74) is -0.980. The smallest absolute Gasteiger partial charge is 0.471 e. The van der Waals surface area contributed by atoms with Crippen LogP contribution in [0.4, 0.5) is 18.9 Å². The molecule has 0 fully saturated rings. The van der Waals surface area contributed by atoms with E-state index in [1.165, 1.54) is 13.0 Å². The number of carboxylic acid groups (broad SMARTS) is 1. The van der Waals surface area contributed by atoms with Crippen molar-refractivity contribution in [2.24, 2.45) is 0 Å². The molecule has 0 unspecified atom stereocenters. The molecular weight excluding hydrogens is 253 g/mol. The first-order valence-corrected chi connectivity index (χ1v) is 4.86. The highest BCUT2D eigenvalue weighted by Gasteiger charge is 2.43. The first-order valence-electron chi connectivity index (χ1n) is 4.86. The van der Waals surface area contributed by atoms with E-state index in [1.807, 2.05) is 0 Å². The zero-order chi connectivity index (χ0) is 13.9. The van der Waals surface area contributed by atoms with Gasteiger partial charge < -0.3 is 10.0 Å². The molecule has 0 saturated heterocycles. The van der Waals surface area contributed by atoms with E-state index in [9.17, 15) is 22.8 Å². The van der Waals surface area contributed by atoms with E-state index in [0.717, 1.165) is 12.3 Å². The summed E-state index contributed by atoms with van der Waals surface area (Å²) in [5.74, 6) is -3.63. The largest absolute Gasteiger partial charge is 0.476 e. The number of anilines is 1. The van der Waals surface area contributed by atoms with Crippen LogP contribution < -0.4 is 4.90 Å². The van der Waals surface area contributed by atoms with Crippen molar-refractivity contribution in [1.82, 2.24) is 4.98 Å². The fourth-order valence-corrected chi connectivity index (χ4v) is 1.36. The van der Waals surface area contributed by atoms with Crippen LogP contribution in [0.15, 0.2) is 18.3 Å². The van der Waals surface area contributed by atoms with Crippen LogP contribution in [-0.4, -0.2) is 34.7 Å². The zero-order valence-corrected chi connectivity index (χ0v) is 9.23. The van der Waals surface area contributed by atoms with E-state index in [2.05, 4.69) is 4.98 Å². The van der Waals surface area contributed by atoms with Crippen LogP contribution in [-0.2, 0) is 4.79 Å². The molecule has 18 heavy (non-hydrogen) atoms. The van der Waals surface area contributed by atoms with Gasteiger partial charge >= 0.3 is 18.1 Å². The molecule has 1 amide bonds. The van der Waals surface area contributed by atoms with Crippen molar-refractivity contribution in [1.29, 1.82) is 0 Å². The predicted molar refractivity (Wildman–Crippen MR) is 55.3 cm³/mol. The molecule has 1 aromatic rings. The fraction of sp³-hybridized carbons (Fsp3) is 0.300. The van der Waals surface area contributed by atoms with Crippen molar-refractivity contribution >= 4 is 17.6 Å². The molecule has 1 heterocycles. The molecule has 5 nitrogen and oxygen atoms in total. The minimum Gasteiger partial charge on any atom is -0.476 e. The van der Waals surface area contributed by atoms with E-state index in [1.54, 1.807) is 0 Å². The average Bonchev–Trinajstić information content (AvgIpc) is 2.29. The highest BCUT2D eigenvalue weighted by molar-refractivity contribution is 6.02. The van der Waals surface area contributed by atoms with Gasteiger partial charge in [-0.15, -0.1) is 0 Å². The molecule has 0 saturated carbocycles. The molecular formula is C10H9F3N2O3. The Bertz CT molecular complexity index is 474. The molecule has 1 rings (SSSR count). The number of rotatable bonds is 3. The number of nitrogens with zero attached hydrogens (tertiary/aromatic N) is 2. The third kappa shape index (κ3) is 2.76. The number of hydrogen-bond donors (Lipinski definition) is 1. The van der Waals surface area contributed by atoms with Gasteiger partial charge in [0.2, 0.25) is 0 Å². The molecule has 0 spiro atoms. The highest BCUT2D eigenvalue weighted by atomic mass is 19.4. The molecule has 0 radical (unpaired) electrons. The standard InChI is InChI=1S/C10H9F3N2O3/c1-2-15(9(18)10(11,12)13)6-4-3-5-14-7(6)8(16)17/h3-5H,2H2,1H3,(H,16,17). The van der Waals surface area contributed by atoms with Gasteiger partial charge in [0, 0.05) is 12.7 Å². The van der Waals surface area contributed by atoms with Crippen LogP contribution >= 0.6 is 0 Å². The first kappa shape index (κ1) is 13.9. The average molecular weight is 262 g/mol. The quantitative estimate of drug-likeness (QED) is 0.899. The number of amides is 1. The number of aromatic nitrogens is 1. The van der Waals surface area contributed by atoms with Crippen molar-refractivity contribution in [2.75, 3.05) is 11.4 Å². The van der Waals surface area contributed by atoms with Gasteiger partial charge in [-0.1, -0.05) is 0 Å². The zero-order valence-electron chi connectivity index (χ0n) is 9.23. The molecule has 0 atom stereocenters. The number of carboxylic acids is 1. The maximum atomic E-state index is 12.3. The Morgan fingerprint density at radius 3 is 2.50 bits per heavy atom. The number of halogens is 3. The van der Waals surface area contributed by atoms with E-state index in [4.69, 9.17) is 5.11 Å². The molecule has 0 aliphatic rings. The van der Waals surface area contributed by atoms with Gasteiger partial charge in [0.1, 0.15) is 0 Å². The third-order valence-electron chi connectivity index (χ3n) is 2.08. The summed E-state index contributed by atoms with van der Waals surface area (Å²) in [6, 6.07) is 2.36. The predicted octanol–water partition coefficient (Wildman–Crippen LogP) is 1.70. The monoisotopic (exact) mass is 262 g/mol. The number of hydrogen-bond acceptors (Lipinski definition) is 3. The van der Waals surface area contributed by atoms with Crippen LogP contribution in [0.1, 0.15) is 17.4 Å². The molecule has 0 bridgehead atoms. The Balaban J connectivity index is 3.26. The van der Waals surface area contributed by atoms with E-state index in [0.29, 0.717) is 4.90 Å². The molecule has 98 valence electrons. The lowest BCUT2D eigenvalue weighted by atomic mass is 10.2. The Morgan fingerprint density at radius 2 is 2.06 bits per heavy atom. The summed E-state index contributed by atoms with van der Waals surface area (Å²) < 4.78 is 37.0.